The average Bonchev–Trinajstić information content (AvgIpc) is 2.43. The van der Waals surface area contributed by atoms with Crippen molar-refractivity contribution in [2.24, 2.45) is 4.99 Å². The van der Waals surface area contributed by atoms with Crippen molar-refractivity contribution >= 4 is 21.7 Å². The second-order valence-corrected chi connectivity index (χ2v) is 6.50. The van der Waals surface area contributed by atoms with Crippen LogP contribution in [0.3, 0.4) is 0 Å². The zero-order valence-corrected chi connectivity index (χ0v) is 12.8. The van der Waals surface area contributed by atoms with E-state index in [0.29, 0.717) is 23.1 Å². The molecule has 6 heteroatoms. The van der Waals surface area contributed by atoms with Gasteiger partial charge in [-0.3, -0.25) is 4.99 Å². The lowest BCUT2D eigenvalue weighted by atomic mass is 10.1. The number of aliphatic imine (C=N–C) groups is 1. The number of hydrogen-bond acceptors (Lipinski definition) is 3. The molecule has 1 aliphatic rings. The molecule has 0 unspecified atom stereocenters. The molecule has 0 radical (unpaired) electrons. The maximum absolute atomic E-state index is 12.2. The quantitative estimate of drug-likeness (QED) is 0.820. The molecule has 110 valence electrons. The van der Waals surface area contributed by atoms with Crippen molar-refractivity contribution in [3.8, 4) is 0 Å². The number of guanidine groups is 1. The van der Waals surface area contributed by atoms with E-state index < -0.39 is 10.0 Å². The van der Waals surface area contributed by atoms with Crippen LogP contribution in [0.4, 0.5) is 5.69 Å². The summed E-state index contributed by atoms with van der Waals surface area (Å²) in [4.78, 5) is 4.57. The van der Waals surface area contributed by atoms with Gasteiger partial charge in [0.15, 0.2) is 0 Å². The third-order valence-electron chi connectivity index (χ3n) is 3.26. The van der Waals surface area contributed by atoms with Gasteiger partial charge in [0.25, 0.3) is 10.0 Å². The van der Waals surface area contributed by atoms with Gasteiger partial charge >= 0.3 is 0 Å². The summed E-state index contributed by atoms with van der Waals surface area (Å²) in [5, 5.41) is 3.04. The molecule has 0 atom stereocenters. The van der Waals surface area contributed by atoms with E-state index in [1.807, 2.05) is 13.0 Å². The fourth-order valence-electron chi connectivity index (χ4n) is 2.07. The monoisotopic (exact) mass is 295 g/mol. The van der Waals surface area contributed by atoms with Gasteiger partial charge in [-0.1, -0.05) is 32.8 Å². The maximum atomic E-state index is 12.2. The Hall–Kier alpha value is -1.56. The predicted molar refractivity (Wildman–Crippen MR) is 81.6 cm³/mol. The van der Waals surface area contributed by atoms with E-state index in [1.54, 1.807) is 12.1 Å². The van der Waals surface area contributed by atoms with Crippen LogP contribution in [0, 0.1) is 0 Å². The Bertz CT molecular complexity index is 609. The molecule has 1 aromatic rings. The number of fused-ring (bicyclic) bond motifs is 1. The molecule has 0 amide bonds. The van der Waals surface area contributed by atoms with Gasteiger partial charge in [-0.2, -0.15) is 0 Å². The third-order valence-corrected chi connectivity index (χ3v) is 4.64. The van der Waals surface area contributed by atoms with Crippen molar-refractivity contribution in [3.63, 3.8) is 0 Å². The molecular weight excluding hydrogens is 274 g/mol. The van der Waals surface area contributed by atoms with Gasteiger partial charge in [0.1, 0.15) is 4.90 Å². The molecule has 2 rings (SSSR count). The molecule has 0 spiro atoms. The lowest BCUT2D eigenvalue weighted by Gasteiger charge is -2.22. The number of unbranched alkanes of at least 4 members (excludes halogenated alkanes) is 2. The Morgan fingerprint density at radius 1 is 1.20 bits per heavy atom. The number of nitrogens with one attached hydrogen (secondary N) is 2. The van der Waals surface area contributed by atoms with Crippen molar-refractivity contribution in [1.29, 1.82) is 0 Å². The van der Waals surface area contributed by atoms with Crippen LogP contribution in [0.1, 0.15) is 38.7 Å². The highest BCUT2D eigenvalue weighted by molar-refractivity contribution is 7.90. The van der Waals surface area contributed by atoms with E-state index >= 15 is 0 Å². The van der Waals surface area contributed by atoms with E-state index in [2.05, 4.69) is 22.0 Å². The second-order valence-electron chi connectivity index (χ2n) is 4.85. The van der Waals surface area contributed by atoms with Gasteiger partial charge in [0.05, 0.1) is 5.69 Å². The van der Waals surface area contributed by atoms with Gasteiger partial charge < -0.3 is 5.32 Å². The molecule has 2 N–H and O–H groups in total. The number of benzene rings is 1. The van der Waals surface area contributed by atoms with Gasteiger partial charge in [0.2, 0.25) is 5.96 Å². The lowest BCUT2D eigenvalue weighted by Crippen LogP contribution is -2.40. The summed E-state index contributed by atoms with van der Waals surface area (Å²) in [6.07, 6.45) is 3.98. The number of rotatable bonds is 5. The van der Waals surface area contributed by atoms with Crippen molar-refractivity contribution in [3.05, 3.63) is 23.8 Å². The van der Waals surface area contributed by atoms with Crippen molar-refractivity contribution in [2.75, 3.05) is 11.9 Å². The van der Waals surface area contributed by atoms with Crippen molar-refractivity contribution in [1.82, 2.24) is 4.72 Å². The minimum atomic E-state index is -3.51. The largest absolute Gasteiger partial charge is 0.324 e. The highest BCUT2D eigenvalue weighted by atomic mass is 32.2. The summed E-state index contributed by atoms with van der Waals surface area (Å²) in [6.45, 7) is 4.75. The molecule has 0 bridgehead atoms. The summed E-state index contributed by atoms with van der Waals surface area (Å²) in [5.74, 6) is 0.317. The molecule has 0 aromatic heterocycles. The van der Waals surface area contributed by atoms with Crippen molar-refractivity contribution in [2.45, 2.75) is 44.4 Å². The maximum Gasteiger partial charge on any atom is 0.266 e. The first-order valence-electron chi connectivity index (χ1n) is 7.04. The molecule has 0 aliphatic carbocycles. The van der Waals surface area contributed by atoms with Crippen LogP contribution in [0.5, 0.6) is 0 Å². The minimum Gasteiger partial charge on any atom is -0.324 e. The molecule has 1 aromatic carbocycles. The lowest BCUT2D eigenvalue weighted by molar-refractivity contribution is 0.591. The van der Waals surface area contributed by atoms with E-state index in [4.69, 9.17) is 0 Å². The van der Waals surface area contributed by atoms with Crippen LogP contribution >= 0.6 is 0 Å². The molecular formula is C14H21N3O2S. The zero-order valence-electron chi connectivity index (χ0n) is 11.9. The first kappa shape index (κ1) is 14.8. The summed E-state index contributed by atoms with van der Waals surface area (Å²) in [7, 11) is -3.51. The van der Waals surface area contributed by atoms with Crippen molar-refractivity contribution < 1.29 is 8.42 Å². The standard InChI is InChI=1S/C14H21N3O2S/c1-3-5-6-9-15-14-16-12-8-7-11(4-2)10-13(12)20(18,19)17-14/h7-8,10H,3-6,9H2,1-2H3,(H2,15,16,17). The molecule has 1 aliphatic heterocycles. The topological polar surface area (TPSA) is 70.6 Å². The number of aryl methyl sites for hydroxylation is 1. The van der Waals surface area contributed by atoms with Crippen LogP contribution in [0.15, 0.2) is 28.1 Å². The second kappa shape index (κ2) is 6.26. The van der Waals surface area contributed by atoms with Gasteiger partial charge in [-0.15, -0.1) is 0 Å². The summed E-state index contributed by atoms with van der Waals surface area (Å²) in [5.41, 5.74) is 1.59. The van der Waals surface area contributed by atoms with E-state index in [9.17, 15) is 8.42 Å². The number of hydrogen-bond donors (Lipinski definition) is 2. The van der Waals surface area contributed by atoms with E-state index in [1.165, 1.54) is 0 Å². The van der Waals surface area contributed by atoms with Crippen LogP contribution in [0.2, 0.25) is 0 Å². The first-order valence-corrected chi connectivity index (χ1v) is 8.52. The van der Waals surface area contributed by atoms with E-state index in [-0.39, 0.29) is 0 Å². The number of anilines is 1. The number of nitrogens with zero attached hydrogens (tertiary/aromatic N) is 1. The fraction of sp³-hybridized carbons (Fsp3) is 0.500. The normalized spacial score (nSPS) is 18.2. The fourth-order valence-corrected chi connectivity index (χ4v) is 3.27. The summed E-state index contributed by atoms with van der Waals surface area (Å²) < 4.78 is 26.9. The molecule has 1 heterocycles. The van der Waals surface area contributed by atoms with Gasteiger partial charge in [-0.05, 0) is 30.5 Å². The summed E-state index contributed by atoms with van der Waals surface area (Å²) in [6, 6.07) is 5.44. The zero-order chi connectivity index (χ0) is 14.6. The highest BCUT2D eigenvalue weighted by Gasteiger charge is 2.26. The highest BCUT2D eigenvalue weighted by Crippen LogP contribution is 2.26. The molecule has 0 saturated carbocycles. The van der Waals surface area contributed by atoms with Gasteiger partial charge in [0, 0.05) is 6.54 Å². The molecule has 5 nitrogen and oxygen atoms in total. The number of sulfonamides is 1. The Balaban J connectivity index is 2.22. The van der Waals surface area contributed by atoms with Crippen LogP contribution < -0.4 is 10.0 Å². The minimum absolute atomic E-state index is 0.296. The predicted octanol–water partition coefficient (Wildman–Crippen LogP) is 2.50. The van der Waals surface area contributed by atoms with Crippen LogP contribution in [0.25, 0.3) is 0 Å². The molecule has 0 fully saturated rings. The van der Waals surface area contributed by atoms with Crippen LogP contribution in [-0.2, 0) is 16.4 Å². The van der Waals surface area contributed by atoms with E-state index in [0.717, 1.165) is 31.2 Å². The Morgan fingerprint density at radius 3 is 2.70 bits per heavy atom. The van der Waals surface area contributed by atoms with Gasteiger partial charge in [-0.25, -0.2) is 13.1 Å². The average molecular weight is 295 g/mol. The smallest absolute Gasteiger partial charge is 0.266 e. The molecule has 20 heavy (non-hydrogen) atoms. The third kappa shape index (κ3) is 3.30. The molecule has 0 saturated heterocycles. The Morgan fingerprint density at radius 2 is 2.00 bits per heavy atom. The van der Waals surface area contributed by atoms with Crippen LogP contribution in [-0.4, -0.2) is 20.9 Å². The SMILES string of the molecule is CCCCCN=C1Nc2ccc(CC)cc2S(=O)(=O)N1. The first-order chi connectivity index (χ1) is 9.56. The Kier molecular flexibility index (Phi) is 4.65. The Labute approximate surface area is 120 Å². The summed E-state index contributed by atoms with van der Waals surface area (Å²) >= 11 is 0.